The van der Waals surface area contributed by atoms with E-state index in [4.69, 9.17) is 4.43 Å². The van der Waals surface area contributed by atoms with E-state index in [1.807, 2.05) is 31.7 Å². The van der Waals surface area contributed by atoms with E-state index in [9.17, 15) is 0 Å². The largest absolute Gasteiger partial charge is 0.544 e. The summed E-state index contributed by atoms with van der Waals surface area (Å²) < 4.78 is 7.90. The second-order valence-corrected chi connectivity index (χ2v) is 10.5. The van der Waals surface area contributed by atoms with Crippen LogP contribution in [0.2, 0.25) is 19.6 Å². The van der Waals surface area contributed by atoms with Gasteiger partial charge in [0.25, 0.3) is 0 Å². The van der Waals surface area contributed by atoms with Gasteiger partial charge in [0.05, 0.1) is 6.20 Å². The molecule has 2 aromatic rings. The zero-order valence-corrected chi connectivity index (χ0v) is 14.2. The molecule has 4 nitrogen and oxygen atoms in total. The molecule has 1 aromatic carbocycles. The summed E-state index contributed by atoms with van der Waals surface area (Å²) >= 11 is 0. The van der Waals surface area contributed by atoms with Gasteiger partial charge in [0.1, 0.15) is 5.75 Å². The zero-order chi connectivity index (χ0) is 15.3. The van der Waals surface area contributed by atoms with E-state index in [2.05, 4.69) is 47.9 Å². The van der Waals surface area contributed by atoms with Crippen molar-refractivity contribution in [1.29, 1.82) is 0 Å². The Labute approximate surface area is 127 Å². The van der Waals surface area contributed by atoms with Gasteiger partial charge in [-0.2, -0.15) is 5.10 Å². The molecule has 1 aromatic heterocycles. The number of aliphatic imine (C=N–C) groups is 1. The molecule has 0 radical (unpaired) electrons. The molecule has 0 saturated carbocycles. The molecule has 0 spiro atoms. The molecule has 0 bridgehead atoms. The number of benzene rings is 1. The summed E-state index contributed by atoms with van der Waals surface area (Å²) in [5, 5.41) is 4.12. The van der Waals surface area contributed by atoms with Crippen molar-refractivity contribution >= 4 is 14.5 Å². The minimum absolute atomic E-state index is 0.751. The minimum Gasteiger partial charge on any atom is -0.544 e. The summed E-state index contributed by atoms with van der Waals surface area (Å²) in [6.07, 6.45) is 6.52. The van der Waals surface area contributed by atoms with Gasteiger partial charge in [0, 0.05) is 31.6 Å². The van der Waals surface area contributed by atoms with Crippen LogP contribution in [0.3, 0.4) is 0 Å². The van der Waals surface area contributed by atoms with E-state index in [1.54, 1.807) is 4.68 Å². The molecular weight excluding hydrogens is 278 g/mol. The van der Waals surface area contributed by atoms with E-state index >= 15 is 0 Å². The van der Waals surface area contributed by atoms with Crippen LogP contribution >= 0.6 is 0 Å². The van der Waals surface area contributed by atoms with Crippen molar-refractivity contribution < 1.29 is 4.43 Å². The van der Waals surface area contributed by atoms with Gasteiger partial charge in [-0.3, -0.25) is 9.67 Å². The maximum atomic E-state index is 6.13. The molecule has 0 amide bonds. The summed E-state index contributed by atoms with van der Waals surface area (Å²) in [6.45, 7) is 7.35. The van der Waals surface area contributed by atoms with Crippen molar-refractivity contribution in [3.05, 3.63) is 47.8 Å². The molecule has 0 saturated heterocycles. The van der Waals surface area contributed by atoms with Crippen LogP contribution in [0.5, 0.6) is 5.75 Å². The van der Waals surface area contributed by atoms with E-state index in [0.29, 0.717) is 0 Å². The van der Waals surface area contributed by atoms with Gasteiger partial charge in [-0.15, -0.1) is 0 Å². The average molecular weight is 301 g/mol. The van der Waals surface area contributed by atoms with Gasteiger partial charge in [-0.25, -0.2) is 0 Å². The zero-order valence-electron chi connectivity index (χ0n) is 13.2. The molecule has 0 unspecified atom stereocenters. The fourth-order valence-electron chi connectivity index (χ4n) is 2.00. The third-order valence-electron chi connectivity index (χ3n) is 2.86. The molecule has 112 valence electrons. The van der Waals surface area contributed by atoms with Crippen LogP contribution in [0, 0.1) is 0 Å². The highest BCUT2D eigenvalue weighted by atomic mass is 28.4. The molecule has 0 aliphatic carbocycles. The number of hydrogen-bond donors (Lipinski definition) is 0. The summed E-state index contributed by atoms with van der Waals surface area (Å²) in [5.74, 6) is 1.01. The second-order valence-electron chi connectivity index (χ2n) is 6.05. The monoisotopic (exact) mass is 301 g/mol. The van der Waals surface area contributed by atoms with Gasteiger partial charge in [0.15, 0.2) is 0 Å². The maximum absolute atomic E-state index is 6.13. The van der Waals surface area contributed by atoms with E-state index < -0.39 is 8.32 Å². The Morgan fingerprint density at radius 3 is 2.71 bits per heavy atom. The first-order chi connectivity index (χ1) is 9.94. The third kappa shape index (κ3) is 5.19. The van der Waals surface area contributed by atoms with Crippen molar-refractivity contribution in [3.8, 4) is 5.75 Å². The summed E-state index contributed by atoms with van der Waals surface area (Å²) in [5.41, 5.74) is 2.26. The molecule has 0 aliphatic rings. The molecule has 5 heteroatoms. The number of nitrogens with zero attached hydrogens (tertiary/aromatic N) is 3. The lowest BCUT2D eigenvalue weighted by Crippen LogP contribution is -2.29. The Hall–Kier alpha value is -1.88. The summed E-state index contributed by atoms with van der Waals surface area (Å²) in [7, 11) is 0.328. The number of hydrogen-bond acceptors (Lipinski definition) is 3. The predicted molar refractivity (Wildman–Crippen MR) is 89.8 cm³/mol. The highest BCUT2D eigenvalue weighted by molar-refractivity contribution is 6.70. The minimum atomic E-state index is -1.58. The Balaban J connectivity index is 1.95. The third-order valence-corrected chi connectivity index (χ3v) is 3.70. The highest BCUT2D eigenvalue weighted by Gasteiger charge is 2.17. The lowest BCUT2D eigenvalue weighted by atomic mass is 10.1. The number of rotatable bonds is 6. The second kappa shape index (κ2) is 6.71. The summed E-state index contributed by atoms with van der Waals surface area (Å²) in [6, 6.07) is 8.25. The topological polar surface area (TPSA) is 39.4 Å². The molecular formula is C16H23N3OSi. The smallest absolute Gasteiger partial charge is 0.242 e. The number of aromatic nitrogens is 2. The normalized spacial score (nSPS) is 12.0. The molecule has 0 atom stereocenters. The van der Waals surface area contributed by atoms with E-state index in [-0.39, 0.29) is 0 Å². The lowest BCUT2D eigenvalue weighted by Gasteiger charge is -2.21. The predicted octanol–water partition coefficient (Wildman–Crippen LogP) is 3.30. The first-order valence-electron chi connectivity index (χ1n) is 7.19. The van der Waals surface area contributed by atoms with Gasteiger partial charge in [0.2, 0.25) is 8.32 Å². The Morgan fingerprint density at radius 2 is 2.05 bits per heavy atom. The fraction of sp³-hybridized carbons (Fsp3) is 0.375. The molecule has 2 rings (SSSR count). The molecule has 21 heavy (non-hydrogen) atoms. The van der Waals surface area contributed by atoms with E-state index in [1.165, 1.54) is 5.56 Å². The van der Waals surface area contributed by atoms with Crippen molar-refractivity contribution in [2.75, 3.05) is 6.54 Å². The van der Waals surface area contributed by atoms with Gasteiger partial charge in [-0.1, -0.05) is 18.2 Å². The number of para-hydroxylation sites is 1. The Morgan fingerprint density at radius 1 is 1.29 bits per heavy atom. The fourth-order valence-corrected chi connectivity index (χ4v) is 2.86. The van der Waals surface area contributed by atoms with Gasteiger partial charge in [-0.05, 0) is 37.7 Å². The quantitative estimate of drug-likeness (QED) is 0.606. The first kappa shape index (κ1) is 15.5. The van der Waals surface area contributed by atoms with Crippen LogP contribution in [0.1, 0.15) is 11.1 Å². The van der Waals surface area contributed by atoms with Crippen molar-refractivity contribution in [1.82, 2.24) is 9.78 Å². The van der Waals surface area contributed by atoms with E-state index in [0.717, 1.165) is 24.3 Å². The standard InChI is InChI=1S/C16H23N3OSi/c1-19-13-14(12-18-19)11-17-10-9-15-7-5-6-8-16(15)20-21(2,3)4/h5-8,11-13H,9-10H2,1-4H3. The van der Waals surface area contributed by atoms with Crippen LogP contribution in [0.4, 0.5) is 0 Å². The molecule has 0 N–H and O–H groups in total. The molecule has 0 fully saturated rings. The van der Waals surface area contributed by atoms with Crippen molar-refractivity contribution in [2.45, 2.75) is 26.1 Å². The first-order valence-corrected chi connectivity index (χ1v) is 10.6. The SMILES string of the molecule is Cn1cc(C=NCCc2ccccc2O[Si](C)(C)C)cn1. The number of aryl methyl sites for hydroxylation is 1. The lowest BCUT2D eigenvalue weighted by molar-refractivity contribution is 0.549. The van der Waals surface area contributed by atoms with Gasteiger partial charge >= 0.3 is 0 Å². The molecule has 1 heterocycles. The maximum Gasteiger partial charge on any atom is 0.242 e. The Kier molecular flexibility index (Phi) is 4.96. The van der Waals surface area contributed by atoms with Crippen LogP contribution in [-0.4, -0.2) is 30.9 Å². The molecule has 0 aliphatic heterocycles. The van der Waals surface area contributed by atoms with Crippen molar-refractivity contribution in [2.24, 2.45) is 12.0 Å². The Bertz CT molecular complexity index is 614. The van der Waals surface area contributed by atoms with Crippen molar-refractivity contribution in [3.63, 3.8) is 0 Å². The van der Waals surface area contributed by atoms with Crippen LogP contribution in [-0.2, 0) is 13.5 Å². The van der Waals surface area contributed by atoms with Gasteiger partial charge < -0.3 is 4.43 Å². The van der Waals surface area contributed by atoms with Crippen LogP contribution in [0.15, 0.2) is 41.7 Å². The summed E-state index contributed by atoms with van der Waals surface area (Å²) in [4.78, 5) is 4.47. The highest BCUT2D eigenvalue weighted by Crippen LogP contribution is 2.22. The van der Waals surface area contributed by atoms with Crippen LogP contribution < -0.4 is 4.43 Å². The average Bonchev–Trinajstić information content (AvgIpc) is 2.80. The van der Waals surface area contributed by atoms with Crippen LogP contribution in [0.25, 0.3) is 0 Å².